The van der Waals surface area contributed by atoms with Crippen LogP contribution in [0.4, 0.5) is 8.78 Å². The first-order valence-electron chi connectivity index (χ1n) is 6.99. The molecule has 5 heteroatoms. The normalized spacial score (nSPS) is 23.0. The summed E-state index contributed by atoms with van der Waals surface area (Å²) in [7, 11) is 4.12. The predicted molar refractivity (Wildman–Crippen MR) is 76.6 cm³/mol. The van der Waals surface area contributed by atoms with Crippen LogP contribution in [0, 0.1) is 18.6 Å². The molecule has 112 valence electrons. The second-order valence-corrected chi connectivity index (χ2v) is 5.84. The number of hydrogen-bond donors (Lipinski definition) is 1. The van der Waals surface area contributed by atoms with Gasteiger partial charge in [0.15, 0.2) is 11.6 Å². The Balaban J connectivity index is 2.12. The van der Waals surface area contributed by atoms with E-state index in [0.29, 0.717) is 12.0 Å². The van der Waals surface area contributed by atoms with Gasteiger partial charge in [0.25, 0.3) is 0 Å². The molecule has 1 aromatic rings. The fourth-order valence-corrected chi connectivity index (χ4v) is 2.72. The zero-order valence-corrected chi connectivity index (χ0v) is 12.4. The summed E-state index contributed by atoms with van der Waals surface area (Å²) in [5.74, 6) is -1.59. The maximum absolute atomic E-state index is 14.0. The SMILES string of the molecule is Cc1ccc(C(N)CC2CN(C)CCN2C)c(F)c1F. The topological polar surface area (TPSA) is 32.5 Å². The Bertz CT molecular complexity index is 478. The summed E-state index contributed by atoms with van der Waals surface area (Å²) in [4.78, 5) is 4.48. The van der Waals surface area contributed by atoms with Gasteiger partial charge in [0.1, 0.15) is 0 Å². The van der Waals surface area contributed by atoms with E-state index in [9.17, 15) is 8.78 Å². The number of benzene rings is 1. The van der Waals surface area contributed by atoms with Crippen molar-refractivity contribution in [1.29, 1.82) is 0 Å². The highest BCUT2D eigenvalue weighted by atomic mass is 19.2. The first-order valence-corrected chi connectivity index (χ1v) is 6.99. The second-order valence-electron chi connectivity index (χ2n) is 5.84. The van der Waals surface area contributed by atoms with E-state index in [4.69, 9.17) is 5.73 Å². The number of halogens is 2. The molecule has 2 atom stereocenters. The van der Waals surface area contributed by atoms with E-state index < -0.39 is 17.7 Å². The van der Waals surface area contributed by atoms with Crippen molar-refractivity contribution in [2.45, 2.75) is 25.4 Å². The molecule has 0 aromatic heterocycles. The van der Waals surface area contributed by atoms with Crippen LogP contribution in [0.25, 0.3) is 0 Å². The first kappa shape index (κ1) is 15.4. The highest BCUT2D eigenvalue weighted by Gasteiger charge is 2.26. The minimum absolute atomic E-state index is 0.271. The van der Waals surface area contributed by atoms with Gasteiger partial charge in [0.2, 0.25) is 0 Å². The maximum atomic E-state index is 14.0. The van der Waals surface area contributed by atoms with Gasteiger partial charge in [0, 0.05) is 37.3 Å². The van der Waals surface area contributed by atoms with Gasteiger partial charge in [0.05, 0.1) is 0 Å². The number of aryl methyl sites for hydroxylation is 1. The molecule has 0 aliphatic carbocycles. The lowest BCUT2D eigenvalue weighted by Crippen LogP contribution is -2.50. The molecule has 0 amide bonds. The third kappa shape index (κ3) is 3.16. The fraction of sp³-hybridized carbons (Fsp3) is 0.600. The van der Waals surface area contributed by atoms with Gasteiger partial charge in [-0.15, -0.1) is 0 Å². The molecule has 1 saturated heterocycles. The molecule has 1 aliphatic rings. The van der Waals surface area contributed by atoms with Crippen molar-refractivity contribution in [2.24, 2.45) is 5.73 Å². The Morgan fingerprint density at radius 3 is 2.65 bits per heavy atom. The first-order chi connectivity index (χ1) is 9.40. The second kappa shape index (κ2) is 6.16. The molecule has 1 heterocycles. The number of nitrogens with zero attached hydrogens (tertiary/aromatic N) is 2. The van der Waals surface area contributed by atoms with E-state index in [1.807, 2.05) is 0 Å². The molecule has 2 N–H and O–H groups in total. The molecule has 0 radical (unpaired) electrons. The van der Waals surface area contributed by atoms with Crippen molar-refractivity contribution >= 4 is 0 Å². The van der Waals surface area contributed by atoms with E-state index in [2.05, 4.69) is 23.9 Å². The Kier molecular flexibility index (Phi) is 4.73. The van der Waals surface area contributed by atoms with Crippen molar-refractivity contribution < 1.29 is 8.78 Å². The highest BCUT2D eigenvalue weighted by Crippen LogP contribution is 2.25. The lowest BCUT2D eigenvalue weighted by Gasteiger charge is -2.38. The molecule has 0 bridgehead atoms. The predicted octanol–water partition coefficient (Wildman–Crippen LogP) is 1.91. The lowest BCUT2D eigenvalue weighted by molar-refractivity contribution is 0.104. The van der Waals surface area contributed by atoms with Crippen LogP contribution in [-0.4, -0.2) is 49.6 Å². The number of hydrogen-bond acceptors (Lipinski definition) is 3. The molecular weight excluding hydrogens is 260 g/mol. The van der Waals surface area contributed by atoms with E-state index in [1.165, 1.54) is 0 Å². The van der Waals surface area contributed by atoms with Crippen LogP contribution < -0.4 is 5.73 Å². The minimum atomic E-state index is -0.802. The minimum Gasteiger partial charge on any atom is -0.324 e. The molecular formula is C15H23F2N3. The average Bonchev–Trinajstić information content (AvgIpc) is 2.40. The van der Waals surface area contributed by atoms with Crippen molar-refractivity contribution in [3.05, 3.63) is 34.9 Å². The molecule has 20 heavy (non-hydrogen) atoms. The summed E-state index contributed by atoms with van der Waals surface area (Å²) < 4.78 is 27.6. The summed E-state index contributed by atoms with van der Waals surface area (Å²) in [6.07, 6.45) is 0.625. The van der Waals surface area contributed by atoms with Crippen molar-refractivity contribution in [1.82, 2.24) is 9.80 Å². The monoisotopic (exact) mass is 283 g/mol. The fourth-order valence-electron chi connectivity index (χ4n) is 2.72. The third-order valence-electron chi connectivity index (χ3n) is 4.21. The number of piperazine rings is 1. The van der Waals surface area contributed by atoms with Crippen molar-refractivity contribution in [3.63, 3.8) is 0 Å². The van der Waals surface area contributed by atoms with Crippen LogP contribution in [0.3, 0.4) is 0 Å². The Morgan fingerprint density at radius 1 is 1.25 bits per heavy atom. The van der Waals surface area contributed by atoms with Gasteiger partial charge >= 0.3 is 0 Å². The van der Waals surface area contributed by atoms with Crippen LogP contribution in [0.15, 0.2) is 12.1 Å². The van der Waals surface area contributed by atoms with Crippen LogP contribution in [0.5, 0.6) is 0 Å². The summed E-state index contributed by atoms with van der Waals surface area (Å²) in [6, 6.07) is 2.98. The molecule has 1 fully saturated rings. The van der Waals surface area contributed by atoms with E-state index in [-0.39, 0.29) is 11.6 Å². The van der Waals surface area contributed by atoms with Crippen LogP contribution in [-0.2, 0) is 0 Å². The van der Waals surface area contributed by atoms with Crippen molar-refractivity contribution in [3.8, 4) is 0 Å². The summed E-state index contributed by atoms with van der Waals surface area (Å²) in [5, 5.41) is 0. The third-order valence-corrected chi connectivity index (χ3v) is 4.21. The molecule has 2 unspecified atom stereocenters. The number of nitrogens with two attached hydrogens (primary N) is 1. The van der Waals surface area contributed by atoms with Gasteiger partial charge in [-0.1, -0.05) is 12.1 Å². The van der Waals surface area contributed by atoms with Gasteiger partial charge in [-0.25, -0.2) is 8.78 Å². The van der Waals surface area contributed by atoms with E-state index >= 15 is 0 Å². The van der Waals surface area contributed by atoms with Crippen LogP contribution >= 0.6 is 0 Å². The Labute approximate surface area is 119 Å². The molecule has 1 aliphatic heterocycles. The average molecular weight is 283 g/mol. The van der Waals surface area contributed by atoms with Crippen LogP contribution in [0.1, 0.15) is 23.6 Å². The molecule has 2 rings (SSSR count). The van der Waals surface area contributed by atoms with E-state index in [1.54, 1.807) is 19.1 Å². The van der Waals surface area contributed by atoms with Gasteiger partial charge < -0.3 is 15.5 Å². The zero-order chi connectivity index (χ0) is 14.9. The quantitative estimate of drug-likeness (QED) is 0.920. The molecule has 1 aromatic carbocycles. The zero-order valence-electron chi connectivity index (χ0n) is 12.4. The summed E-state index contributed by atoms with van der Waals surface area (Å²) in [6.45, 7) is 4.45. The molecule has 0 spiro atoms. The Hall–Kier alpha value is -1.04. The maximum Gasteiger partial charge on any atom is 0.163 e. The number of rotatable bonds is 3. The lowest BCUT2D eigenvalue weighted by atomic mass is 9.96. The van der Waals surface area contributed by atoms with Gasteiger partial charge in [-0.05, 0) is 33.0 Å². The van der Waals surface area contributed by atoms with Crippen LogP contribution in [0.2, 0.25) is 0 Å². The van der Waals surface area contributed by atoms with Gasteiger partial charge in [-0.2, -0.15) is 0 Å². The smallest absolute Gasteiger partial charge is 0.163 e. The highest BCUT2D eigenvalue weighted by molar-refractivity contribution is 5.27. The standard InChI is InChI=1S/C15H23F2N3/c1-10-4-5-12(15(17)14(10)16)13(18)8-11-9-19(2)6-7-20(11)3/h4-5,11,13H,6-9,18H2,1-3H3. The summed E-state index contributed by atoms with van der Waals surface area (Å²) in [5.41, 5.74) is 6.69. The Morgan fingerprint density at radius 2 is 1.95 bits per heavy atom. The largest absolute Gasteiger partial charge is 0.324 e. The van der Waals surface area contributed by atoms with E-state index in [0.717, 1.165) is 19.6 Å². The number of likely N-dealkylation sites (N-methyl/N-ethyl adjacent to an activating group) is 2. The molecule has 3 nitrogen and oxygen atoms in total. The molecule has 0 saturated carbocycles. The summed E-state index contributed by atoms with van der Waals surface area (Å²) >= 11 is 0. The van der Waals surface area contributed by atoms with Gasteiger partial charge in [-0.3, -0.25) is 0 Å². The van der Waals surface area contributed by atoms with Crippen molar-refractivity contribution in [2.75, 3.05) is 33.7 Å².